The van der Waals surface area contributed by atoms with Crippen molar-refractivity contribution in [2.24, 2.45) is 0 Å². The number of hydrogen-bond acceptors (Lipinski definition) is 3. The zero-order chi connectivity index (χ0) is 10.5. The Morgan fingerprint density at radius 2 is 1.93 bits per heavy atom. The first-order valence-corrected chi connectivity index (χ1v) is 4.69. The molecule has 0 N–H and O–H groups in total. The maximum absolute atomic E-state index is 10.8. The Labute approximate surface area is 87.8 Å². The van der Waals surface area contributed by atoms with Gasteiger partial charge in [0.15, 0.2) is 6.29 Å². The molecule has 0 amide bonds. The first-order chi connectivity index (χ1) is 7.40. The molecular weight excluding hydrogens is 188 g/mol. The Bertz CT molecular complexity index is 454. The van der Waals surface area contributed by atoms with Gasteiger partial charge in [-0.3, -0.25) is 14.8 Å². The van der Waals surface area contributed by atoms with Crippen molar-refractivity contribution in [1.82, 2.24) is 9.97 Å². The molecule has 0 aliphatic heterocycles. The Morgan fingerprint density at radius 3 is 2.67 bits per heavy atom. The van der Waals surface area contributed by atoms with Crippen molar-refractivity contribution in [1.29, 1.82) is 0 Å². The molecule has 0 aromatic carbocycles. The van der Waals surface area contributed by atoms with Crippen molar-refractivity contribution < 1.29 is 4.79 Å². The van der Waals surface area contributed by atoms with E-state index >= 15 is 0 Å². The lowest BCUT2D eigenvalue weighted by molar-refractivity contribution is 0.112. The van der Waals surface area contributed by atoms with Gasteiger partial charge in [-0.25, -0.2) is 0 Å². The van der Waals surface area contributed by atoms with E-state index in [9.17, 15) is 4.79 Å². The molecule has 2 rings (SSSR count). The highest BCUT2D eigenvalue weighted by Crippen LogP contribution is 2.07. The summed E-state index contributed by atoms with van der Waals surface area (Å²) in [6.07, 6.45) is 4.84. The van der Waals surface area contributed by atoms with Crippen LogP contribution in [0.15, 0.2) is 42.7 Å². The van der Waals surface area contributed by atoms with Gasteiger partial charge in [-0.2, -0.15) is 0 Å². The van der Waals surface area contributed by atoms with Crippen molar-refractivity contribution in [2.75, 3.05) is 0 Å². The fourth-order valence-corrected chi connectivity index (χ4v) is 1.38. The fourth-order valence-electron chi connectivity index (χ4n) is 1.38. The predicted octanol–water partition coefficient (Wildman–Crippen LogP) is 1.88. The molecule has 0 unspecified atom stereocenters. The summed E-state index contributed by atoms with van der Waals surface area (Å²) >= 11 is 0. The highest BCUT2D eigenvalue weighted by atomic mass is 16.1. The van der Waals surface area contributed by atoms with E-state index in [2.05, 4.69) is 9.97 Å². The summed E-state index contributed by atoms with van der Waals surface area (Å²) in [4.78, 5) is 19.1. The van der Waals surface area contributed by atoms with Crippen molar-refractivity contribution >= 4 is 6.29 Å². The van der Waals surface area contributed by atoms with Crippen LogP contribution >= 0.6 is 0 Å². The number of carbonyl (C=O) groups is 1. The third kappa shape index (κ3) is 2.26. The molecule has 15 heavy (non-hydrogen) atoms. The molecule has 3 nitrogen and oxygen atoms in total. The Balaban J connectivity index is 2.28. The van der Waals surface area contributed by atoms with Crippen LogP contribution in [0.4, 0.5) is 0 Å². The van der Waals surface area contributed by atoms with Crippen LogP contribution in [0.3, 0.4) is 0 Å². The van der Waals surface area contributed by atoms with Crippen LogP contribution in [-0.2, 0) is 6.42 Å². The SMILES string of the molecule is O=Cc1cccnc1Cc1ccccn1. The van der Waals surface area contributed by atoms with E-state index in [0.717, 1.165) is 17.7 Å². The van der Waals surface area contributed by atoms with Crippen molar-refractivity contribution in [3.63, 3.8) is 0 Å². The molecule has 3 heteroatoms. The van der Waals surface area contributed by atoms with E-state index in [1.807, 2.05) is 18.2 Å². The van der Waals surface area contributed by atoms with E-state index < -0.39 is 0 Å². The van der Waals surface area contributed by atoms with E-state index in [4.69, 9.17) is 0 Å². The Hall–Kier alpha value is -2.03. The van der Waals surface area contributed by atoms with Crippen LogP contribution in [0, 0.1) is 0 Å². The van der Waals surface area contributed by atoms with Gasteiger partial charge in [0.25, 0.3) is 0 Å². The predicted molar refractivity (Wildman–Crippen MR) is 56.7 cm³/mol. The molecule has 0 atom stereocenters. The molecule has 2 aromatic heterocycles. The van der Waals surface area contributed by atoms with E-state index in [1.54, 1.807) is 24.5 Å². The average Bonchev–Trinajstić information content (AvgIpc) is 2.31. The van der Waals surface area contributed by atoms with Crippen LogP contribution in [0.1, 0.15) is 21.7 Å². The summed E-state index contributed by atoms with van der Waals surface area (Å²) in [6.45, 7) is 0. The lowest BCUT2D eigenvalue weighted by Gasteiger charge is -2.02. The highest BCUT2D eigenvalue weighted by Gasteiger charge is 2.03. The summed E-state index contributed by atoms with van der Waals surface area (Å²) in [5.41, 5.74) is 2.31. The Kier molecular flexibility index (Phi) is 2.83. The largest absolute Gasteiger partial charge is 0.298 e. The molecule has 0 aliphatic carbocycles. The van der Waals surface area contributed by atoms with Gasteiger partial charge in [-0.15, -0.1) is 0 Å². The molecule has 0 spiro atoms. The van der Waals surface area contributed by atoms with Crippen LogP contribution in [0.2, 0.25) is 0 Å². The first kappa shape index (κ1) is 9.52. The number of aldehydes is 1. The smallest absolute Gasteiger partial charge is 0.151 e. The van der Waals surface area contributed by atoms with E-state index in [0.29, 0.717) is 12.0 Å². The quantitative estimate of drug-likeness (QED) is 0.707. The topological polar surface area (TPSA) is 42.9 Å². The standard InChI is InChI=1S/C12H10N2O/c15-9-10-4-3-7-14-12(10)8-11-5-1-2-6-13-11/h1-7,9H,8H2. The molecule has 0 saturated heterocycles. The summed E-state index contributed by atoms with van der Waals surface area (Å²) in [5, 5.41) is 0. The second kappa shape index (κ2) is 4.46. The molecule has 0 radical (unpaired) electrons. The minimum atomic E-state index is 0.593. The summed E-state index contributed by atoms with van der Waals surface area (Å²) in [7, 11) is 0. The average molecular weight is 198 g/mol. The Morgan fingerprint density at radius 1 is 1.07 bits per heavy atom. The summed E-state index contributed by atoms with van der Waals surface area (Å²) in [6, 6.07) is 9.22. The molecule has 0 saturated carbocycles. The van der Waals surface area contributed by atoms with E-state index in [-0.39, 0.29) is 0 Å². The minimum absolute atomic E-state index is 0.593. The van der Waals surface area contributed by atoms with Crippen LogP contribution < -0.4 is 0 Å². The van der Waals surface area contributed by atoms with Gasteiger partial charge in [0.05, 0.1) is 5.69 Å². The third-order valence-corrected chi connectivity index (χ3v) is 2.13. The number of aromatic nitrogens is 2. The van der Waals surface area contributed by atoms with Crippen LogP contribution in [0.25, 0.3) is 0 Å². The molecule has 0 aliphatic rings. The second-order valence-electron chi connectivity index (χ2n) is 3.16. The lowest BCUT2D eigenvalue weighted by Crippen LogP contribution is -1.98. The molecular formula is C12H10N2O. The third-order valence-electron chi connectivity index (χ3n) is 2.13. The minimum Gasteiger partial charge on any atom is -0.298 e. The second-order valence-corrected chi connectivity index (χ2v) is 3.16. The van der Waals surface area contributed by atoms with Gasteiger partial charge >= 0.3 is 0 Å². The zero-order valence-corrected chi connectivity index (χ0v) is 8.13. The molecule has 74 valence electrons. The first-order valence-electron chi connectivity index (χ1n) is 4.69. The van der Waals surface area contributed by atoms with Gasteiger partial charge < -0.3 is 0 Å². The summed E-state index contributed by atoms with van der Waals surface area (Å²) < 4.78 is 0. The molecule has 2 heterocycles. The zero-order valence-electron chi connectivity index (χ0n) is 8.13. The van der Waals surface area contributed by atoms with Gasteiger partial charge in [-0.05, 0) is 24.3 Å². The van der Waals surface area contributed by atoms with Crippen LogP contribution in [0.5, 0.6) is 0 Å². The lowest BCUT2D eigenvalue weighted by atomic mass is 10.1. The summed E-state index contributed by atoms with van der Waals surface area (Å²) in [5.74, 6) is 0. The van der Waals surface area contributed by atoms with Gasteiger partial charge in [0.2, 0.25) is 0 Å². The number of hydrogen-bond donors (Lipinski definition) is 0. The number of pyridine rings is 2. The fraction of sp³-hybridized carbons (Fsp3) is 0.0833. The normalized spacial score (nSPS) is 9.87. The van der Waals surface area contributed by atoms with Crippen molar-refractivity contribution in [2.45, 2.75) is 6.42 Å². The number of rotatable bonds is 3. The number of carbonyl (C=O) groups excluding carboxylic acids is 1. The van der Waals surface area contributed by atoms with Crippen molar-refractivity contribution in [3.8, 4) is 0 Å². The van der Waals surface area contributed by atoms with Crippen molar-refractivity contribution in [3.05, 3.63) is 59.7 Å². The molecule has 2 aromatic rings. The maximum Gasteiger partial charge on any atom is 0.151 e. The van der Waals surface area contributed by atoms with Gasteiger partial charge in [0.1, 0.15) is 0 Å². The molecule has 0 fully saturated rings. The van der Waals surface area contributed by atoms with Gasteiger partial charge in [0, 0.05) is 30.1 Å². The molecule has 0 bridgehead atoms. The van der Waals surface area contributed by atoms with E-state index in [1.165, 1.54) is 0 Å². The van der Waals surface area contributed by atoms with Crippen LogP contribution in [-0.4, -0.2) is 16.3 Å². The monoisotopic (exact) mass is 198 g/mol. The highest BCUT2D eigenvalue weighted by molar-refractivity contribution is 5.76. The maximum atomic E-state index is 10.8. The van der Waals surface area contributed by atoms with Gasteiger partial charge in [-0.1, -0.05) is 6.07 Å². The number of nitrogens with zero attached hydrogens (tertiary/aromatic N) is 2.